The largest absolute Gasteiger partial charge is 0.398 e. The number of carbonyl (C=O) groups is 1. The van der Waals surface area contributed by atoms with Crippen LogP contribution in [0.25, 0.3) is 0 Å². The number of ether oxygens (including phenoxy) is 1. The number of oxime groups is 2. The number of carbonyl (C=O) groups excluding carboxylic acids is 1. The number of likely N-dealkylation sites (N-methyl/N-ethyl adjacent to an activating group) is 1. The van der Waals surface area contributed by atoms with E-state index in [9.17, 15) is 13.6 Å². The quantitative estimate of drug-likeness (QED) is 0.480. The zero-order valence-electron chi connectivity index (χ0n) is 16.5. The van der Waals surface area contributed by atoms with E-state index in [1.807, 2.05) is 0 Å². The summed E-state index contributed by atoms with van der Waals surface area (Å²) in [6, 6.07) is 8.27. The molecular formula is C20H20ClF2N3O4. The molecule has 0 heterocycles. The molecule has 2 rings (SSSR count). The van der Waals surface area contributed by atoms with Crippen molar-refractivity contribution >= 4 is 28.9 Å². The fourth-order valence-corrected chi connectivity index (χ4v) is 2.81. The Morgan fingerprint density at radius 1 is 1.10 bits per heavy atom. The van der Waals surface area contributed by atoms with Crippen molar-refractivity contribution in [1.29, 1.82) is 0 Å². The average Bonchev–Trinajstić information content (AvgIpc) is 2.72. The van der Waals surface area contributed by atoms with Gasteiger partial charge in [-0.1, -0.05) is 40.1 Å². The van der Waals surface area contributed by atoms with Gasteiger partial charge in [-0.2, -0.15) is 0 Å². The summed E-state index contributed by atoms with van der Waals surface area (Å²) in [5, 5.41) is 10.3. The molecule has 2 aromatic carbocycles. The van der Waals surface area contributed by atoms with E-state index in [4.69, 9.17) is 26.0 Å². The summed E-state index contributed by atoms with van der Waals surface area (Å²) in [5.74, 6) is -2.11. The molecule has 0 saturated carbocycles. The summed E-state index contributed by atoms with van der Waals surface area (Å²) < 4.78 is 33.2. The maximum atomic E-state index is 14.1. The monoisotopic (exact) mass is 439 g/mol. The number of rotatable bonds is 9. The van der Waals surface area contributed by atoms with Gasteiger partial charge < -0.3 is 19.7 Å². The van der Waals surface area contributed by atoms with Gasteiger partial charge in [0.15, 0.2) is 5.71 Å². The predicted octanol–water partition coefficient (Wildman–Crippen LogP) is 3.28. The normalized spacial score (nSPS) is 11.9. The third-order valence-electron chi connectivity index (χ3n) is 3.91. The fraction of sp³-hybridized carbons (Fsp3) is 0.250. The first-order valence-electron chi connectivity index (χ1n) is 8.67. The van der Waals surface area contributed by atoms with Crippen LogP contribution in [0.2, 0.25) is 5.02 Å². The molecule has 30 heavy (non-hydrogen) atoms. The van der Waals surface area contributed by atoms with E-state index in [0.29, 0.717) is 11.1 Å². The molecule has 1 N–H and O–H groups in total. The first-order chi connectivity index (χ1) is 14.4. The molecule has 10 heteroatoms. The van der Waals surface area contributed by atoms with E-state index in [-0.39, 0.29) is 35.2 Å². The van der Waals surface area contributed by atoms with Crippen LogP contribution in [0.4, 0.5) is 8.78 Å². The Balaban J connectivity index is 2.38. The Labute approximate surface area is 177 Å². The van der Waals surface area contributed by atoms with E-state index in [1.165, 1.54) is 27.3 Å². The molecule has 1 amide bonds. The van der Waals surface area contributed by atoms with Crippen molar-refractivity contribution in [3.63, 3.8) is 0 Å². The minimum atomic E-state index is -0.804. The fourth-order valence-electron chi connectivity index (χ4n) is 2.58. The van der Waals surface area contributed by atoms with Gasteiger partial charge in [-0.3, -0.25) is 4.79 Å². The lowest BCUT2D eigenvalue weighted by Gasteiger charge is -2.13. The smallest absolute Gasteiger partial charge is 0.273 e. The SMILES string of the molecule is CNC(=O)/C(=N/OC)c1cccc(Cl)c1CO/N=C(\COC)c1c(F)cccc1F. The van der Waals surface area contributed by atoms with E-state index in [1.54, 1.807) is 18.2 Å². The summed E-state index contributed by atoms with van der Waals surface area (Å²) in [6.07, 6.45) is 0. The first-order valence-corrected chi connectivity index (χ1v) is 9.05. The number of amides is 1. The van der Waals surface area contributed by atoms with Crippen LogP contribution < -0.4 is 5.32 Å². The first kappa shape index (κ1) is 23.2. The molecule has 0 bridgehead atoms. The van der Waals surface area contributed by atoms with Crippen LogP contribution in [-0.2, 0) is 25.8 Å². The molecule has 0 fully saturated rings. The van der Waals surface area contributed by atoms with Crippen LogP contribution in [0.3, 0.4) is 0 Å². The molecule has 0 spiro atoms. The van der Waals surface area contributed by atoms with E-state index >= 15 is 0 Å². The van der Waals surface area contributed by atoms with Crippen molar-refractivity contribution < 1.29 is 28.0 Å². The van der Waals surface area contributed by atoms with E-state index < -0.39 is 17.5 Å². The number of halogens is 3. The number of benzene rings is 2. The van der Waals surface area contributed by atoms with Crippen LogP contribution in [0, 0.1) is 11.6 Å². The number of nitrogens with one attached hydrogen (secondary N) is 1. The van der Waals surface area contributed by atoms with Crippen molar-refractivity contribution in [3.8, 4) is 0 Å². The highest BCUT2D eigenvalue weighted by Gasteiger charge is 2.20. The molecule has 2 aromatic rings. The predicted molar refractivity (Wildman–Crippen MR) is 109 cm³/mol. The van der Waals surface area contributed by atoms with Gasteiger partial charge in [0.25, 0.3) is 5.91 Å². The van der Waals surface area contributed by atoms with Gasteiger partial charge >= 0.3 is 0 Å². The molecule has 0 unspecified atom stereocenters. The molecule has 0 saturated heterocycles. The van der Waals surface area contributed by atoms with Gasteiger partial charge in [0.2, 0.25) is 0 Å². The molecule has 0 aliphatic heterocycles. The molecule has 0 aliphatic carbocycles. The van der Waals surface area contributed by atoms with Crippen LogP contribution in [0.15, 0.2) is 46.7 Å². The Morgan fingerprint density at radius 3 is 2.37 bits per heavy atom. The second-order valence-corrected chi connectivity index (χ2v) is 6.22. The van der Waals surface area contributed by atoms with Gasteiger partial charge in [0.1, 0.15) is 31.1 Å². The lowest BCUT2D eigenvalue weighted by molar-refractivity contribution is -0.114. The maximum absolute atomic E-state index is 14.1. The zero-order valence-corrected chi connectivity index (χ0v) is 17.3. The minimum absolute atomic E-state index is 0.0256. The van der Waals surface area contributed by atoms with Crippen LogP contribution in [0.5, 0.6) is 0 Å². The van der Waals surface area contributed by atoms with Crippen LogP contribution in [0.1, 0.15) is 16.7 Å². The van der Waals surface area contributed by atoms with E-state index in [0.717, 1.165) is 12.1 Å². The molecule has 0 aromatic heterocycles. The maximum Gasteiger partial charge on any atom is 0.273 e. The number of nitrogens with zero attached hydrogens (tertiary/aromatic N) is 2. The highest BCUT2D eigenvalue weighted by Crippen LogP contribution is 2.23. The van der Waals surface area contributed by atoms with E-state index in [2.05, 4.69) is 15.6 Å². The molecular weight excluding hydrogens is 420 g/mol. The second kappa shape index (κ2) is 11.2. The minimum Gasteiger partial charge on any atom is -0.398 e. The number of hydrogen-bond donors (Lipinski definition) is 1. The van der Waals surface area contributed by atoms with Crippen LogP contribution in [-0.4, -0.2) is 45.2 Å². The van der Waals surface area contributed by atoms with Crippen molar-refractivity contribution in [2.24, 2.45) is 10.3 Å². The van der Waals surface area contributed by atoms with Gasteiger partial charge in [-0.05, 0) is 18.2 Å². The summed E-state index contributed by atoms with van der Waals surface area (Å²) in [7, 11) is 4.10. The topological polar surface area (TPSA) is 81.5 Å². The average molecular weight is 440 g/mol. The Morgan fingerprint density at radius 2 is 1.77 bits per heavy atom. The molecule has 0 aliphatic rings. The van der Waals surface area contributed by atoms with Gasteiger partial charge in [-0.25, -0.2) is 8.78 Å². The zero-order chi connectivity index (χ0) is 22.1. The van der Waals surface area contributed by atoms with Crippen molar-refractivity contribution in [1.82, 2.24) is 5.32 Å². The van der Waals surface area contributed by atoms with Crippen molar-refractivity contribution in [2.75, 3.05) is 27.9 Å². The van der Waals surface area contributed by atoms with Crippen LogP contribution >= 0.6 is 11.6 Å². The second-order valence-electron chi connectivity index (χ2n) is 5.81. The Hall–Kier alpha value is -3.04. The molecule has 0 radical (unpaired) electrons. The lowest BCUT2D eigenvalue weighted by atomic mass is 10.0. The summed E-state index contributed by atoms with van der Waals surface area (Å²) in [4.78, 5) is 22.2. The lowest BCUT2D eigenvalue weighted by Crippen LogP contribution is -2.29. The third-order valence-corrected chi connectivity index (χ3v) is 4.27. The summed E-state index contributed by atoms with van der Waals surface area (Å²) >= 11 is 6.26. The Bertz CT molecular complexity index is 947. The van der Waals surface area contributed by atoms with Gasteiger partial charge in [0, 0.05) is 30.3 Å². The summed E-state index contributed by atoms with van der Waals surface area (Å²) in [5.41, 5.74) is 0.268. The van der Waals surface area contributed by atoms with Gasteiger partial charge in [-0.15, -0.1) is 0 Å². The molecule has 7 nitrogen and oxygen atoms in total. The van der Waals surface area contributed by atoms with Gasteiger partial charge in [0.05, 0.1) is 12.2 Å². The number of hydrogen-bond acceptors (Lipinski definition) is 6. The Kier molecular flexibility index (Phi) is 8.70. The van der Waals surface area contributed by atoms with Crippen molar-refractivity contribution in [2.45, 2.75) is 6.61 Å². The molecule has 0 atom stereocenters. The summed E-state index contributed by atoms with van der Waals surface area (Å²) in [6.45, 7) is -0.403. The number of methoxy groups -OCH3 is 1. The standard InChI is InChI=1S/C20H20ClF2N3O4/c1-24-20(27)19(26-29-3)12-6-4-7-14(21)13(12)10-30-25-17(11-28-2)18-15(22)8-5-9-16(18)23/h4-9H,10-11H2,1-3H3,(H,24,27)/b25-17+,26-19+. The molecule has 160 valence electrons. The highest BCUT2D eigenvalue weighted by molar-refractivity contribution is 6.46. The highest BCUT2D eigenvalue weighted by atomic mass is 35.5. The van der Waals surface area contributed by atoms with Crippen molar-refractivity contribution in [3.05, 3.63) is 69.7 Å². The third kappa shape index (κ3) is 5.52.